The fourth-order valence-electron chi connectivity index (χ4n) is 2.60. The fourth-order valence-corrected chi connectivity index (χ4v) is 3.48. The molecular formula is C13H16N2O5S. The summed E-state index contributed by atoms with van der Waals surface area (Å²) in [5, 5.41) is 14.1. The number of carboxylic acid groups (broad SMARTS) is 1. The Bertz CT molecular complexity index is 699. The lowest BCUT2D eigenvalue weighted by Gasteiger charge is -2.20. The number of amides is 1. The minimum atomic E-state index is -3.64. The van der Waals surface area contributed by atoms with Gasteiger partial charge in [0.2, 0.25) is 15.9 Å². The number of rotatable bonds is 4. The molecule has 21 heavy (non-hydrogen) atoms. The summed E-state index contributed by atoms with van der Waals surface area (Å²) in [6, 6.07) is 4.68. The number of anilines is 1. The second-order valence-corrected chi connectivity index (χ2v) is 6.82. The summed E-state index contributed by atoms with van der Waals surface area (Å²) >= 11 is 0. The third-order valence-electron chi connectivity index (χ3n) is 3.50. The molecule has 7 nitrogen and oxygen atoms in total. The molecule has 1 saturated heterocycles. The van der Waals surface area contributed by atoms with Gasteiger partial charge in [0.25, 0.3) is 0 Å². The van der Waals surface area contributed by atoms with Crippen molar-refractivity contribution in [1.29, 1.82) is 0 Å². The van der Waals surface area contributed by atoms with Gasteiger partial charge >= 0.3 is 5.97 Å². The van der Waals surface area contributed by atoms with Crippen LogP contribution in [0.5, 0.6) is 0 Å². The summed E-state index contributed by atoms with van der Waals surface area (Å²) in [5.74, 6) is -1.93. The highest BCUT2D eigenvalue weighted by atomic mass is 32.2. The van der Waals surface area contributed by atoms with E-state index in [2.05, 4.69) is 0 Å². The molecule has 1 amide bonds. The van der Waals surface area contributed by atoms with Crippen molar-refractivity contribution in [1.82, 2.24) is 0 Å². The van der Waals surface area contributed by atoms with Crippen LogP contribution in [0.25, 0.3) is 0 Å². The van der Waals surface area contributed by atoms with Crippen LogP contribution in [0.3, 0.4) is 0 Å². The van der Waals surface area contributed by atoms with Gasteiger partial charge in [0.1, 0.15) is 0 Å². The first kappa shape index (κ1) is 15.5. The molecular weight excluding hydrogens is 296 g/mol. The van der Waals surface area contributed by atoms with Crippen molar-refractivity contribution < 1.29 is 23.1 Å². The van der Waals surface area contributed by atoms with Crippen LogP contribution in [0.2, 0.25) is 0 Å². The number of primary sulfonamides is 1. The maximum atomic E-state index is 12.0. The summed E-state index contributed by atoms with van der Waals surface area (Å²) in [5.41, 5.74) is 1.10. The largest absolute Gasteiger partial charge is 0.478 e. The van der Waals surface area contributed by atoms with Crippen LogP contribution >= 0.6 is 0 Å². The SMILES string of the molecule is Cc1c(C(=O)O)cccc1N1CC(CS(N)(=O)=O)CC1=O. The van der Waals surface area contributed by atoms with E-state index in [1.165, 1.54) is 11.0 Å². The highest BCUT2D eigenvalue weighted by Gasteiger charge is 2.33. The molecule has 1 atom stereocenters. The van der Waals surface area contributed by atoms with Gasteiger partial charge in [0.05, 0.1) is 11.3 Å². The first-order chi connectivity index (χ1) is 9.69. The smallest absolute Gasteiger partial charge is 0.336 e. The van der Waals surface area contributed by atoms with Crippen LogP contribution in [-0.2, 0) is 14.8 Å². The topological polar surface area (TPSA) is 118 Å². The standard InChI is InChI=1S/C13H16N2O5S/c1-8-10(13(17)18)3-2-4-11(8)15-6-9(5-12(15)16)7-21(14,19)20/h2-4,9H,5-7H2,1H3,(H,17,18)(H2,14,19,20). The second-order valence-electron chi connectivity index (χ2n) is 5.16. The summed E-state index contributed by atoms with van der Waals surface area (Å²) in [7, 11) is -3.64. The van der Waals surface area contributed by atoms with Crippen molar-refractivity contribution in [3.63, 3.8) is 0 Å². The van der Waals surface area contributed by atoms with E-state index >= 15 is 0 Å². The zero-order chi connectivity index (χ0) is 15.8. The molecule has 0 saturated carbocycles. The van der Waals surface area contributed by atoms with E-state index in [0.717, 1.165) is 0 Å². The molecule has 0 aliphatic carbocycles. The molecule has 0 aromatic heterocycles. The number of carboxylic acids is 1. The monoisotopic (exact) mass is 312 g/mol. The molecule has 1 aromatic rings. The molecule has 1 unspecified atom stereocenters. The third-order valence-corrected chi connectivity index (χ3v) is 4.44. The van der Waals surface area contributed by atoms with Gasteiger partial charge in [0.15, 0.2) is 0 Å². The Morgan fingerprint density at radius 1 is 1.48 bits per heavy atom. The predicted molar refractivity (Wildman–Crippen MR) is 76.6 cm³/mol. The van der Waals surface area contributed by atoms with Crippen molar-refractivity contribution in [2.45, 2.75) is 13.3 Å². The fraction of sp³-hybridized carbons (Fsp3) is 0.385. The maximum absolute atomic E-state index is 12.0. The average Bonchev–Trinajstić information content (AvgIpc) is 2.67. The summed E-state index contributed by atoms with van der Waals surface area (Å²) < 4.78 is 22.2. The zero-order valence-electron chi connectivity index (χ0n) is 11.4. The zero-order valence-corrected chi connectivity index (χ0v) is 12.3. The molecule has 2 rings (SSSR count). The van der Waals surface area contributed by atoms with Crippen LogP contribution in [0, 0.1) is 12.8 Å². The Hall–Kier alpha value is -1.93. The first-order valence-corrected chi connectivity index (χ1v) is 8.04. The van der Waals surface area contributed by atoms with Crippen LogP contribution in [0.4, 0.5) is 5.69 Å². The molecule has 0 bridgehead atoms. The van der Waals surface area contributed by atoms with Crippen molar-refractivity contribution in [2.24, 2.45) is 11.1 Å². The molecule has 3 N–H and O–H groups in total. The van der Waals surface area contributed by atoms with Gasteiger partial charge in [0, 0.05) is 24.6 Å². The van der Waals surface area contributed by atoms with Gasteiger partial charge in [-0.3, -0.25) is 4.79 Å². The van der Waals surface area contributed by atoms with Crippen LogP contribution < -0.4 is 10.0 Å². The van der Waals surface area contributed by atoms with E-state index in [1.54, 1.807) is 19.1 Å². The van der Waals surface area contributed by atoms with Crippen LogP contribution in [-0.4, -0.2) is 37.7 Å². The molecule has 1 aromatic carbocycles. The minimum Gasteiger partial charge on any atom is -0.478 e. The number of carbonyl (C=O) groups is 2. The van der Waals surface area contributed by atoms with E-state index in [-0.39, 0.29) is 36.1 Å². The lowest BCUT2D eigenvalue weighted by Crippen LogP contribution is -2.28. The quantitative estimate of drug-likeness (QED) is 0.831. The van der Waals surface area contributed by atoms with Gasteiger partial charge in [-0.15, -0.1) is 0 Å². The molecule has 1 fully saturated rings. The highest BCUT2D eigenvalue weighted by Crippen LogP contribution is 2.30. The van der Waals surface area contributed by atoms with E-state index in [0.29, 0.717) is 11.3 Å². The van der Waals surface area contributed by atoms with Crippen molar-refractivity contribution in [3.05, 3.63) is 29.3 Å². The van der Waals surface area contributed by atoms with Gasteiger partial charge < -0.3 is 10.0 Å². The lowest BCUT2D eigenvalue weighted by molar-refractivity contribution is -0.117. The number of nitrogens with zero attached hydrogens (tertiary/aromatic N) is 1. The molecule has 0 spiro atoms. The lowest BCUT2D eigenvalue weighted by atomic mass is 10.1. The van der Waals surface area contributed by atoms with E-state index in [9.17, 15) is 18.0 Å². The summed E-state index contributed by atoms with van der Waals surface area (Å²) in [4.78, 5) is 24.6. The molecule has 0 radical (unpaired) electrons. The molecule has 8 heteroatoms. The minimum absolute atomic E-state index is 0.0904. The number of hydrogen-bond acceptors (Lipinski definition) is 4. The van der Waals surface area contributed by atoms with Crippen molar-refractivity contribution >= 4 is 27.6 Å². The van der Waals surface area contributed by atoms with Gasteiger partial charge in [-0.25, -0.2) is 18.4 Å². The third kappa shape index (κ3) is 3.40. The first-order valence-electron chi connectivity index (χ1n) is 6.33. The van der Waals surface area contributed by atoms with Gasteiger partial charge in [-0.2, -0.15) is 0 Å². The Kier molecular flexibility index (Phi) is 4.02. The molecule has 1 heterocycles. The number of carbonyl (C=O) groups excluding carboxylic acids is 1. The summed E-state index contributed by atoms with van der Waals surface area (Å²) in [6.45, 7) is 1.85. The van der Waals surface area contributed by atoms with E-state index in [1.807, 2.05) is 0 Å². The Morgan fingerprint density at radius 3 is 2.71 bits per heavy atom. The average molecular weight is 312 g/mol. The van der Waals surface area contributed by atoms with Crippen molar-refractivity contribution in [2.75, 3.05) is 17.2 Å². The van der Waals surface area contributed by atoms with E-state index < -0.39 is 16.0 Å². The maximum Gasteiger partial charge on any atom is 0.336 e. The number of hydrogen-bond donors (Lipinski definition) is 2. The molecule has 1 aliphatic heterocycles. The molecule has 114 valence electrons. The number of aromatic carboxylic acids is 1. The van der Waals surface area contributed by atoms with Gasteiger partial charge in [-0.1, -0.05) is 6.07 Å². The highest BCUT2D eigenvalue weighted by molar-refractivity contribution is 7.89. The number of sulfonamides is 1. The van der Waals surface area contributed by atoms with Crippen molar-refractivity contribution in [3.8, 4) is 0 Å². The predicted octanol–water partition coefficient (Wildman–Crippen LogP) is 0.335. The Morgan fingerprint density at radius 2 is 2.14 bits per heavy atom. The number of benzene rings is 1. The van der Waals surface area contributed by atoms with Crippen LogP contribution in [0.1, 0.15) is 22.3 Å². The summed E-state index contributed by atoms with van der Waals surface area (Å²) in [6.07, 6.45) is 0.0904. The second kappa shape index (κ2) is 5.45. The normalized spacial score (nSPS) is 19.0. The van der Waals surface area contributed by atoms with Crippen LogP contribution in [0.15, 0.2) is 18.2 Å². The van der Waals surface area contributed by atoms with Gasteiger partial charge in [-0.05, 0) is 24.6 Å². The number of nitrogens with two attached hydrogens (primary N) is 1. The molecule has 1 aliphatic rings. The van der Waals surface area contributed by atoms with E-state index in [4.69, 9.17) is 10.2 Å². The Labute approximate surface area is 122 Å². The Balaban J connectivity index is 2.29.